The lowest BCUT2D eigenvalue weighted by atomic mass is 10.0. The third-order valence-corrected chi connectivity index (χ3v) is 11.4. The number of nitrogens with zero attached hydrogens (tertiary/aromatic N) is 1. The van der Waals surface area contributed by atoms with Crippen molar-refractivity contribution in [3.63, 3.8) is 0 Å². The van der Waals surface area contributed by atoms with Gasteiger partial charge in [-0.15, -0.1) is 0 Å². The van der Waals surface area contributed by atoms with E-state index in [-0.39, 0.29) is 0 Å². The van der Waals surface area contributed by atoms with E-state index in [1.165, 1.54) is 242 Å². The van der Waals surface area contributed by atoms with Crippen LogP contribution in [-0.4, -0.2) is 19.6 Å². The van der Waals surface area contributed by atoms with Crippen LogP contribution in [0.3, 0.4) is 0 Å². The Labute approximate surface area is 326 Å². The van der Waals surface area contributed by atoms with Gasteiger partial charge in [-0.05, 0) is 50.5 Å². The third kappa shape index (κ3) is 28.5. The van der Waals surface area contributed by atoms with Gasteiger partial charge in [0.1, 0.15) is 0 Å². The van der Waals surface area contributed by atoms with Crippen LogP contribution in [0.5, 0.6) is 0 Å². The zero-order valence-corrected chi connectivity index (χ0v) is 35.1. The topological polar surface area (TPSA) is 15.3 Å². The fourth-order valence-electron chi connectivity index (χ4n) is 7.84. The van der Waals surface area contributed by atoms with E-state index in [0.29, 0.717) is 0 Å². The molecule has 0 spiro atoms. The predicted octanol–water partition coefficient (Wildman–Crippen LogP) is 16.8. The van der Waals surface area contributed by atoms with Gasteiger partial charge >= 0.3 is 0 Å². The molecule has 0 amide bonds. The van der Waals surface area contributed by atoms with E-state index >= 15 is 0 Å². The number of unbranched alkanes of at least 4 members (excludes halogenated alkanes) is 31. The number of hydrogen-bond acceptors (Lipinski definition) is 2. The Bertz CT molecular complexity index is 970. The fraction of sp³-hybridized carbons (Fsp3) is 0.760. The van der Waals surface area contributed by atoms with E-state index in [2.05, 4.69) is 78.7 Å². The lowest BCUT2D eigenvalue weighted by Crippen LogP contribution is -2.25. The van der Waals surface area contributed by atoms with Gasteiger partial charge < -0.3 is 10.2 Å². The second-order valence-corrected chi connectivity index (χ2v) is 16.4. The van der Waals surface area contributed by atoms with E-state index in [9.17, 15) is 0 Å². The highest BCUT2D eigenvalue weighted by molar-refractivity contribution is 5.46. The molecule has 0 bridgehead atoms. The summed E-state index contributed by atoms with van der Waals surface area (Å²) >= 11 is 0. The molecule has 0 atom stereocenters. The molecular weight excluding hydrogens is 629 g/mol. The van der Waals surface area contributed by atoms with Crippen LogP contribution in [0, 0.1) is 6.92 Å². The van der Waals surface area contributed by atoms with Crippen LogP contribution in [-0.2, 0) is 0 Å². The molecule has 0 fully saturated rings. The van der Waals surface area contributed by atoms with Crippen molar-refractivity contribution in [1.29, 1.82) is 0 Å². The molecule has 0 radical (unpaired) electrons. The summed E-state index contributed by atoms with van der Waals surface area (Å²) in [5.74, 6) is 0. The van der Waals surface area contributed by atoms with Gasteiger partial charge in [0.2, 0.25) is 0 Å². The summed E-state index contributed by atoms with van der Waals surface area (Å²) in [4.78, 5) is 2.68. The Morgan fingerprint density at radius 3 is 1.06 bits per heavy atom. The largest absolute Gasteiger partial charge is 0.385 e. The molecule has 0 aliphatic rings. The van der Waals surface area contributed by atoms with E-state index in [1.807, 2.05) is 0 Å². The number of anilines is 2. The minimum absolute atomic E-state index is 1.11. The first-order valence-electron chi connectivity index (χ1n) is 23.4. The molecule has 0 aliphatic carbocycles. The average molecular weight is 717 g/mol. The number of rotatable bonds is 39. The summed E-state index contributed by atoms with van der Waals surface area (Å²) < 4.78 is 0. The standard InChI is InChI=1S/C50H88N2/c1-3-4-5-6-7-8-9-10-11-13-16-19-22-25-28-31-37-46-52(50-39-34-33-35-40-50)47-38-32-29-26-23-20-17-14-12-15-18-21-24-27-30-36-45-51-49-43-41-48(2)42-44-49/h33-35,39-44,51H,3-32,36-38,45-47H2,1-2H3. The van der Waals surface area contributed by atoms with Crippen molar-refractivity contribution in [1.82, 2.24) is 0 Å². The summed E-state index contributed by atoms with van der Waals surface area (Å²) in [7, 11) is 0. The van der Waals surface area contributed by atoms with Crippen molar-refractivity contribution < 1.29 is 0 Å². The Hall–Kier alpha value is -1.96. The Kier molecular flexibility index (Phi) is 32.0. The van der Waals surface area contributed by atoms with Gasteiger partial charge in [0.15, 0.2) is 0 Å². The zero-order chi connectivity index (χ0) is 36.8. The van der Waals surface area contributed by atoms with Crippen molar-refractivity contribution >= 4 is 11.4 Å². The molecule has 0 aromatic heterocycles. The van der Waals surface area contributed by atoms with Crippen LogP contribution >= 0.6 is 0 Å². The number of aryl methyl sites for hydroxylation is 1. The van der Waals surface area contributed by atoms with E-state index < -0.39 is 0 Å². The fourth-order valence-corrected chi connectivity index (χ4v) is 7.84. The molecule has 0 heterocycles. The molecule has 298 valence electrons. The first-order chi connectivity index (χ1) is 25.8. The third-order valence-electron chi connectivity index (χ3n) is 11.4. The van der Waals surface area contributed by atoms with Crippen LogP contribution in [0.2, 0.25) is 0 Å². The average Bonchev–Trinajstić information content (AvgIpc) is 3.17. The van der Waals surface area contributed by atoms with E-state index in [1.54, 1.807) is 0 Å². The van der Waals surface area contributed by atoms with Crippen LogP contribution in [0.15, 0.2) is 54.6 Å². The molecule has 0 aliphatic heterocycles. The van der Waals surface area contributed by atoms with Crippen LogP contribution in [0.1, 0.15) is 224 Å². The number of hydrogen-bond donors (Lipinski definition) is 1. The molecule has 0 saturated heterocycles. The summed E-state index contributed by atoms with van der Waals surface area (Å²) in [6.07, 6.45) is 47.2. The molecule has 2 aromatic carbocycles. The normalized spacial score (nSPS) is 11.3. The van der Waals surface area contributed by atoms with Crippen molar-refractivity contribution in [3.8, 4) is 0 Å². The van der Waals surface area contributed by atoms with Crippen molar-refractivity contribution in [3.05, 3.63) is 60.2 Å². The lowest BCUT2D eigenvalue weighted by Gasteiger charge is -2.25. The van der Waals surface area contributed by atoms with Gasteiger partial charge in [-0.25, -0.2) is 0 Å². The second kappa shape index (κ2) is 36.0. The highest BCUT2D eigenvalue weighted by Gasteiger charge is 2.06. The molecule has 2 rings (SSSR count). The van der Waals surface area contributed by atoms with Crippen LogP contribution < -0.4 is 10.2 Å². The molecule has 2 nitrogen and oxygen atoms in total. The maximum absolute atomic E-state index is 3.55. The predicted molar refractivity (Wildman–Crippen MR) is 236 cm³/mol. The number of benzene rings is 2. The highest BCUT2D eigenvalue weighted by Crippen LogP contribution is 2.19. The van der Waals surface area contributed by atoms with Gasteiger partial charge in [0.25, 0.3) is 0 Å². The number of nitrogens with one attached hydrogen (secondary N) is 1. The summed E-state index contributed by atoms with van der Waals surface area (Å²) in [5, 5.41) is 3.55. The molecular formula is C50H88N2. The molecule has 52 heavy (non-hydrogen) atoms. The summed E-state index contributed by atoms with van der Waals surface area (Å²) in [6.45, 7) is 8.03. The summed E-state index contributed by atoms with van der Waals surface area (Å²) in [5.41, 5.74) is 4.03. The van der Waals surface area contributed by atoms with Gasteiger partial charge in [0, 0.05) is 31.0 Å². The molecule has 2 aromatic rings. The first kappa shape index (κ1) is 46.2. The van der Waals surface area contributed by atoms with Gasteiger partial charge in [-0.1, -0.05) is 235 Å². The van der Waals surface area contributed by atoms with Gasteiger partial charge in [-0.2, -0.15) is 0 Å². The van der Waals surface area contributed by atoms with Crippen LogP contribution in [0.4, 0.5) is 11.4 Å². The minimum atomic E-state index is 1.11. The lowest BCUT2D eigenvalue weighted by molar-refractivity contribution is 0.523. The SMILES string of the molecule is CCCCCCCCCCCCCCCCCCCN(CCCCCCCCCCCCCCCCCCNc1ccc(C)cc1)c1ccccc1. The van der Waals surface area contributed by atoms with Crippen molar-refractivity contribution in [2.24, 2.45) is 0 Å². The number of para-hydroxylation sites is 1. The van der Waals surface area contributed by atoms with Gasteiger partial charge in [-0.3, -0.25) is 0 Å². The smallest absolute Gasteiger partial charge is 0.0366 e. The second-order valence-electron chi connectivity index (χ2n) is 16.4. The first-order valence-corrected chi connectivity index (χ1v) is 23.4. The minimum Gasteiger partial charge on any atom is -0.385 e. The summed E-state index contributed by atoms with van der Waals surface area (Å²) in [6, 6.07) is 20.0. The monoisotopic (exact) mass is 717 g/mol. The molecule has 0 unspecified atom stereocenters. The Balaban J connectivity index is 1.32. The zero-order valence-electron chi connectivity index (χ0n) is 35.1. The highest BCUT2D eigenvalue weighted by atomic mass is 15.1. The maximum atomic E-state index is 3.55. The maximum Gasteiger partial charge on any atom is 0.0366 e. The van der Waals surface area contributed by atoms with E-state index in [4.69, 9.17) is 0 Å². The Morgan fingerprint density at radius 1 is 0.365 bits per heavy atom. The van der Waals surface area contributed by atoms with E-state index in [0.717, 1.165) is 6.54 Å². The van der Waals surface area contributed by atoms with Crippen molar-refractivity contribution in [2.75, 3.05) is 29.9 Å². The quantitative estimate of drug-likeness (QED) is 0.0693. The molecule has 2 heteroatoms. The van der Waals surface area contributed by atoms with Crippen molar-refractivity contribution in [2.45, 2.75) is 226 Å². The van der Waals surface area contributed by atoms with Crippen LogP contribution in [0.25, 0.3) is 0 Å². The molecule has 1 N–H and O–H groups in total. The Morgan fingerprint density at radius 2 is 0.692 bits per heavy atom. The van der Waals surface area contributed by atoms with Gasteiger partial charge in [0.05, 0.1) is 0 Å². The molecule has 0 saturated carbocycles.